The van der Waals surface area contributed by atoms with Crippen LogP contribution in [0.5, 0.6) is 0 Å². The maximum Gasteiger partial charge on any atom is 0.310 e. The van der Waals surface area contributed by atoms with E-state index >= 15 is 0 Å². The Kier molecular flexibility index (Phi) is 6.20. The molecule has 2 aliphatic carbocycles. The molecule has 24 heavy (non-hydrogen) atoms. The van der Waals surface area contributed by atoms with Crippen LogP contribution in [0.25, 0.3) is 0 Å². The molecule has 2 rings (SSSR count). The summed E-state index contributed by atoms with van der Waals surface area (Å²) in [6.45, 7) is 15.6. The lowest BCUT2D eigenvalue weighted by Gasteiger charge is -2.36. The van der Waals surface area contributed by atoms with Crippen LogP contribution in [-0.2, 0) is 9.53 Å². The largest absolute Gasteiger partial charge is 0.462 e. The van der Waals surface area contributed by atoms with Gasteiger partial charge in [-0.2, -0.15) is 0 Å². The third kappa shape index (κ3) is 3.73. The van der Waals surface area contributed by atoms with Crippen molar-refractivity contribution >= 4 is 5.97 Å². The normalized spacial score (nSPS) is 34.8. The Morgan fingerprint density at radius 3 is 2.33 bits per heavy atom. The van der Waals surface area contributed by atoms with E-state index in [2.05, 4.69) is 54.5 Å². The van der Waals surface area contributed by atoms with Gasteiger partial charge in [0.2, 0.25) is 0 Å². The third-order valence-electron chi connectivity index (χ3n) is 6.85. The van der Waals surface area contributed by atoms with Gasteiger partial charge in [-0.1, -0.05) is 52.7 Å². The van der Waals surface area contributed by atoms with Crippen LogP contribution in [0.3, 0.4) is 0 Å². The number of esters is 1. The molecular formula is C22H38O2. The first-order chi connectivity index (χ1) is 11.3. The minimum Gasteiger partial charge on any atom is -0.462 e. The molecule has 5 atom stereocenters. The summed E-state index contributed by atoms with van der Waals surface area (Å²) in [5, 5.41) is 0. The number of hydrogen-bond donors (Lipinski definition) is 0. The average molecular weight is 335 g/mol. The first-order valence-corrected chi connectivity index (χ1v) is 10.1. The van der Waals surface area contributed by atoms with Crippen molar-refractivity contribution in [3.8, 4) is 0 Å². The first kappa shape index (κ1) is 19.5. The number of ether oxygens (including phenoxy) is 1. The Hall–Kier alpha value is -0.790. The van der Waals surface area contributed by atoms with E-state index in [0.29, 0.717) is 23.7 Å². The molecule has 0 aliphatic heterocycles. The van der Waals surface area contributed by atoms with E-state index in [1.165, 1.54) is 18.4 Å². The highest BCUT2D eigenvalue weighted by atomic mass is 16.5. The number of rotatable bonds is 6. The van der Waals surface area contributed by atoms with Crippen LogP contribution in [0.15, 0.2) is 11.6 Å². The van der Waals surface area contributed by atoms with E-state index in [9.17, 15) is 4.79 Å². The van der Waals surface area contributed by atoms with Crippen molar-refractivity contribution in [3.63, 3.8) is 0 Å². The van der Waals surface area contributed by atoms with Crippen LogP contribution in [0, 0.1) is 35.0 Å². The van der Waals surface area contributed by atoms with E-state index in [4.69, 9.17) is 4.74 Å². The molecule has 0 bridgehead atoms. The highest BCUT2D eigenvalue weighted by Crippen LogP contribution is 2.65. The van der Waals surface area contributed by atoms with Crippen molar-refractivity contribution in [2.75, 3.05) is 0 Å². The fourth-order valence-corrected chi connectivity index (χ4v) is 5.16. The highest BCUT2D eigenvalue weighted by molar-refractivity contribution is 5.78. The van der Waals surface area contributed by atoms with Crippen LogP contribution in [0.1, 0.15) is 80.6 Å². The van der Waals surface area contributed by atoms with Gasteiger partial charge in [-0.3, -0.25) is 4.79 Å². The number of carbonyl (C=O) groups is 1. The molecule has 2 nitrogen and oxygen atoms in total. The van der Waals surface area contributed by atoms with E-state index in [1.54, 1.807) is 0 Å². The fraction of sp³-hybridized carbons (Fsp3) is 0.864. The quantitative estimate of drug-likeness (QED) is 0.439. The van der Waals surface area contributed by atoms with Gasteiger partial charge in [0.15, 0.2) is 0 Å². The lowest BCUT2D eigenvalue weighted by atomic mass is 9.75. The van der Waals surface area contributed by atoms with Crippen molar-refractivity contribution in [3.05, 3.63) is 11.6 Å². The number of carbonyl (C=O) groups excluding carboxylic acids is 1. The zero-order chi connectivity index (χ0) is 18.1. The Bertz CT molecular complexity index is 468. The Morgan fingerprint density at radius 1 is 1.21 bits per heavy atom. The van der Waals surface area contributed by atoms with Gasteiger partial charge in [-0.15, -0.1) is 0 Å². The van der Waals surface area contributed by atoms with Gasteiger partial charge in [0, 0.05) is 0 Å². The zero-order valence-electron chi connectivity index (χ0n) is 16.9. The first-order valence-electron chi connectivity index (χ1n) is 10.1. The summed E-state index contributed by atoms with van der Waals surface area (Å²) in [5.41, 5.74) is 1.45. The maximum atomic E-state index is 13.0. The van der Waals surface area contributed by atoms with E-state index in [-0.39, 0.29) is 23.4 Å². The number of hydrogen-bond acceptors (Lipinski definition) is 2. The zero-order valence-corrected chi connectivity index (χ0v) is 16.9. The molecule has 0 heterocycles. The maximum absolute atomic E-state index is 13.0. The lowest BCUT2D eigenvalue weighted by molar-refractivity contribution is -0.158. The topological polar surface area (TPSA) is 26.3 Å². The van der Waals surface area contributed by atoms with Crippen LogP contribution < -0.4 is 0 Å². The second kappa shape index (κ2) is 7.62. The SMILES string of the molecule is CCC1(CC)C(C=C(C)C)C1C(=O)OC1CC(C)CCC1C(C)C. The minimum atomic E-state index is 0.0750. The molecule has 138 valence electrons. The highest BCUT2D eigenvalue weighted by Gasteiger charge is 2.65. The second-order valence-corrected chi connectivity index (χ2v) is 8.99. The van der Waals surface area contributed by atoms with Gasteiger partial charge < -0.3 is 4.74 Å². The molecule has 5 unspecified atom stereocenters. The Labute approximate surface area is 149 Å². The summed E-state index contributed by atoms with van der Waals surface area (Å²) >= 11 is 0. The van der Waals surface area contributed by atoms with Crippen molar-refractivity contribution in [1.29, 1.82) is 0 Å². The Balaban J connectivity index is 2.11. The molecular weight excluding hydrogens is 296 g/mol. The predicted molar refractivity (Wildman–Crippen MR) is 101 cm³/mol. The third-order valence-corrected chi connectivity index (χ3v) is 6.85. The average Bonchev–Trinajstić information content (AvgIpc) is 3.13. The molecule has 0 saturated heterocycles. The molecule has 0 aromatic heterocycles. The summed E-state index contributed by atoms with van der Waals surface area (Å²) < 4.78 is 6.16. The summed E-state index contributed by atoms with van der Waals surface area (Å²) in [6, 6.07) is 0. The Morgan fingerprint density at radius 2 is 1.83 bits per heavy atom. The monoisotopic (exact) mass is 334 g/mol. The van der Waals surface area contributed by atoms with Crippen molar-refractivity contribution in [2.45, 2.75) is 86.7 Å². The van der Waals surface area contributed by atoms with Gasteiger partial charge >= 0.3 is 5.97 Å². The van der Waals surface area contributed by atoms with Crippen LogP contribution in [-0.4, -0.2) is 12.1 Å². The molecule has 0 N–H and O–H groups in total. The molecule has 0 aromatic rings. The minimum absolute atomic E-state index is 0.0750. The van der Waals surface area contributed by atoms with E-state index in [1.807, 2.05) is 0 Å². The molecule has 2 aliphatic rings. The van der Waals surface area contributed by atoms with Crippen molar-refractivity contribution in [1.82, 2.24) is 0 Å². The van der Waals surface area contributed by atoms with Gasteiger partial charge in [0.05, 0.1) is 5.92 Å². The molecule has 2 fully saturated rings. The summed E-state index contributed by atoms with van der Waals surface area (Å²) in [6.07, 6.45) is 8.07. The fourth-order valence-electron chi connectivity index (χ4n) is 5.16. The van der Waals surface area contributed by atoms with E-state index < -0.39 is 0 Å². The van der Waals surface area contributed by atoms with Crippen LogP contribution in [0.4, 0.5) is 0 Å². The summed E-state index contributed by atoms with van der Waals surface area (Å²) in [4.78, 5) is 13.0. The predicted octanol–water partition coefficient (Wildman–Crippen LogP) is 6.01. The molecule has 2 heteroatoms. The van der Waals surface area contributed by atoms with Crippen molar-refractivity contribution < 1.29 is 9.53 Å². The molecule has 0 aromatic carbocycles. The summed E-state index contributed by atoms with van der Waals surface area (Å²) in [7, 11) is 0. The van der Waals surface area contributed by atoms with Crippen LogP contribution in [0.2, 0.25) is 0 Å². The van der Waals surface area contributed by atoms with Gasteiger partial charge in [-0.25, -0.2) is 0 Å². The lowest BCUT2D eigenvalue weighted by Crippen LogP contribution is -2.36. The van der Waals surface area contributed by atoms with Crippen LogP contribution >= 0.6 is 0 Å². The smallest absolute Gasteiger partial charge is 0.310 e. The molecule has 0 amide bonds. The summed E-state index contributed by atoms with van der Waals surface area (Å²) in [5.74, 6) is 2.32. The molecule has 2 saturated carbocycles. The van der Waals surface area contributed by atoms with Gasteiger partial charge in [0.1, 0.15) is 6.10 Å². The number of allylic oxidation sites excluding steroid dienone is 2. The van der Waals surface area contributed by atoms with Gasteiger partial charge in [0.25, 0.3) is 0 Å². The standard InChI is InChI=1S/C22H38O2/c1-8-22(9-2)18(12-14(3)4)20(22)21(23)24-19-13-16(7)10-11-17(19)15(5)6/h12,15-20H,8-11,13H2,1-7H3. The van der Waals surface area contributed by atoms with Gasteiger partial charge in [-0.05, 0) is 68.6 Å². The van der Waals surface area contributed by atoms with Crippen molar-refractivity contribution in [2.24, 2.45) is 35.0 Å². The molecule has 0 radical (unpaired) electrons. The molecule has 0 spiro atoms. The van der Waals surface area contributed by atoms with E-state index in [0.717, 1.165) is 19.3 Å². The second-order valence-electron chi connectivity index (χ2n) is 8.99.